The van der Waals surface area contributed by atoms with Crippen LogP contribution in [0.1, 0.15) is 31.9 Å². The number of rotatable bonds is 0. The maximum Gasteiger partial charge on any atom is 0.422 e. The van der Waals surface area contributed by atoms with Crippen LogP contribution in [-0.4, -0.2) is 16.3 Å². The van der Waals surface area contributed by atoms with Gasteiger partial charge < -0.3 is 4.74 Å². The summed E-state index contributed by atoms with van der Waals surface area (Å²) in [5.74, 6) is 0. The number of hydrogen-bond donors (Lipinski definition) is 0. The topological polar surface area (TPSA) is 48.3 Å². The van der Waals surface area contributed by atoms with Crippen LogP contribution in [0.15, 0.2) is 53.3 Å². The number of aryl methyl sites for hydroxylation is 2. The number of pyridine rings is 1. The van der Waals surface area contributed by atoms with E-state index in [4.69, 9.17) is 4.74 Å². The smallest absolute Gasteiger partial charge is 0.422 e. The van der Waals surface area contributed by atoms with Crippen molar-refractivity contribution >= 4 is 38.5 Å². The third-order valence-corrected chi connectivity index (χ3v) is 4.89. The number of benzene rings is 3. The zero-order valence-corrected chi connectivity index (χ0v) is 16.8. The SMILES string of the molecule is Cc1cc(C)c2c3c(ccc4ccccc43)c(=O)n(C(=O)OC(C)(C)C)c2c1. The first-order chi connectivity index (χ1) is 13.2. The molecule has 142 valence electrons. The summed E-state index contributed by atoms with van der Waals surface area (Å²) in [5.41, 5.74) is 1.54. The molecule has 0 bridgehead atoms. The van der Waals surface area contributed by atoms with E-state index in [1.807, 2.05) is 50.2 Å². The first kappa shape index (κ1) is 18.2. The molecular weight excluding hydrogens is 350 g/mol. The highest BCUT2D eigenvalue weighted by atomic mass is 16.6. The molecule has 1 aromatic heterocycles. The van der Waals surface area contributed by atoms with Gasteiger partial charge in [-0.25, -0.2) is 9.36 Å². The van der Waals surface area contributed by atoms with E-state index in [2.05, 4.69) is 6.07 Å². The zero-order chi connectivity index (χ0) is 20.2. The Balaban J connectivity index is 2.26. The molecule has 0 radical (unpaired) electrons. The second-order valence-electron chi connectivity index (χ2n) is 8.31. The molecular formula is C24H23NO3. The van der Waals surface area contributed by atoms with Crippen molar-refractivity contribution < 1.29 is 9.53 Å². The van der Waals surface area contributed by atoms with Gasteiger partial charge in [0, 0.05) is 16.2 Å². The predicted octanol–water partition coefficient (Wildman–Crippen LogP) is 5.71. The molecule has 28 heavy (non-hydrogen) atoms. The number of ether oxygens (including phenoxy) is 1. The maximum atomic E-state index is 13.4. The van der Waals surface area contributed by atoms with Crippen LogP contribution < -0.4 is 5.56 Å². The number of aromatic nitrogens is 1. The fourth-order valence-corrected chi connectivity index (χ4v) is 3.88. The molecule has 4 rings (SSSR count). The molecule has 0 saturated carbocycles. The first-order valence-corrected chi connectivity index (χ1v) is 9.38. The zero-order valence-electron chi connectivity index (χ0n) is 16.8. The molecule has 4 heteroatoms. The highest BCUT2D eigenvalue weighted by Gasteiger charge is 2.23. The lowest BCUT2D eigenvalue weighted by Gasteiger charge is -2.22. The Morgan fingerprint density at radius 2 is 1.64 bits per heavy atom. The van der Waals surface area contributed by atoms with E-state index in [0.29, 0.717) is 10.9 Å². The molecule has 0 fully saturated rings. The minimum atomic E-state index is -0.694. The highest BCUT2D eigenvalue weighted by Crippen LogP contribution is 2.33. The number of hydrogen-bond acceptors (Lipinski definition) is 3. The molecule has 4 aromatic rings. The summed E-state index contributed by atoms with van der Waals surface area (Å²) in [6.45, 7) is 9.36. The summed E-state index contributed by atoms with van der Waals surface area (Å²) < 4.78 is 6.73. The molecule has 3 aromatic carbocycles. The van der Waals surface area contributed by atoms with Gasteiger partial charge in [0.2, 0.25) is 0 Å². The Bertz CT molecular complexity index is 1320. The number of carbonyl (C=O) groups excluding carboxylic acids is 1. The van der Waals surface area contributed by atoms with Crippen LogP contribution in [0.3, 0.4) is 0 Å². The Morgan fingerprint density at radius 1 is 0.929 bits per heavy atom. The number of fused-ring (bicyclic) bond motifs is 5. The van der Waals surface area contributed by atoms with Gasteiger partial charge in [-0.05, 0) is 68.7 Å². The molecule has 0 aliphatic rings. The Hall–Kier alpha value is -3.14. The lowest BCUT2D eigenvalue weighted by atomic mass is 9.95. The van der Waals surface area contributed by atoms with Crippen LogP contribution in [-0.2, 0) is 4.74 Å². The van der Waals surface area contributed by atoms with Crippen LogP contribution in [0.4, 0.5) is 4.79 Å². The van der Waals surface area contributed by atoms with Crippen molar-refractivity contribution in [3.05, 3.63) is 70.0 Å². The third-order valence-electron chi connectivity index (χ3n) is 4.89. The molecule has 0 spiro atoms. The van der Waals surface area contributed by atoms with Crippen molar-refractivity contribution in [2.45, 2.75) is 40.2 Å². The van der Waals surface area contributed by atoms with Gasteiger partial charge in [0.25, 0.3) is 5.56 Å². The predicted molar refractivity (Wildman–Crippen MR) is 114 cm³/mol. The average Bonchev–Trinajstić information content (AvgIpc) is 2.59. The molecule has 4 nitrogen and oxygen atoms in total. The number of nitrogens with zero attached hydrogens (tertiary/aromatic N) is 1. The van der Waals surface area contributed by atoms with Crippen molar-refractivity contribution in [1.82, 2.24) is 4.57 Å². The minimum absolute atomic E-state index is 0.354. The Morgan fingerprint density at radius 3 is 2.36 bits per heavy atom. The number of carbonyl (C=O) groups is 1. The molecule has 0 aliphatic carbocycles. The molecule has 0 atom stereocenters. The quantitative estimate of drug-likeness (QED) is 0.371. The van der Waals surface area contributed by atoms with E-state index >= 15 is 0 Å². The van der Waals surface area contributed by atoms with Gasteiger partial charge in [0.15, 0.2) is 0 Å². The summed E-state index contributed by atoms with van der Waals surface area (Å²) in [6.07, 6.45) is -0.650. The van der Waals surface area contributed by atoms with Gasteiger partial charge in [-0.1, -0.05) is 36.4 Å². The van der Waals surface area contributed by atoms with E-state index < -0.39 is 11.7 Å². The van der Waals surface area contributed by atoms with Gasteiger partial charge in [0.1, 0.15) is 5.60 Å². The fourth-order valence-electron chi connectivity index (χ4n) is 3.88. The van der Waals surface area contributed by atoms with E-state index in [-0.39, 0.29) is 5.56 Å². The molecule has 1 heterocycles. The second kappa shape index (κ2) is 6.20. The summed E-state index contributed by atoms with van der Waals surface area (Å²) in [6, 6.07) is 15.7. The Kier molecular flexibility index (Phi) is 4.03. The van der Waals surface area contributed by atoms with Crippen molar-refractivity contribution in [3.63, 3.8) is 0 Å². The van der Waals surface area contributed by atoms with E-state index in [0.717, 1.165) is 32.7 Å². The minimum Gasteiger partial charge on any atom is -0.443 e. The normalized spacial score (nSPS) is 12.0. The van der Waals surface area contributed by atoms with Crippen LogP contribution >= 0.6 is 0 Å². The molecule has 0 unspecified atom stereocenters. The fraction of sp³-hybridized carbons (Fsp3) is 0.250. The van der Waals surface area contributed by atoms with Crippen LogP contribution in [0.25, 0.3) is 32.4 Å². The van der Waals surface area contributed by atoms with Gasteiger partial charge in [-0.2, -0.15) is 0 Å². The van der Waals surface area contributed by atoms with Gasteiger partial charge >= 0.3 is 6.09 Å². The largest absolute Gasteiger partial charge is 0.443 e. The van der Waals surface area contributed by atoms with Gasteiger partial charge in [0.05, 0.1) is 5.52 Å². The van der Waals surface area contributed by atoms with Crippen LogP contribution in [0.5, 0.6) is 0 Å². The molecule has 0 amide bonds. The monoisotopic (exact) mass is 373 g/mol. The van der Waals surface area contributed by atoms with Crippen molar-refractivity contribution in [2.24, 2.45) is 0 Å². The lowest BCUT2D eigenvalue weighted by Crippen LogP contribution is -2.34. The first-order valence-electron chi connectivity index (χ1n) is 9.38. The standard InChI is InChI=1S/C24H23NO3/c1-14-12-15(2)20-19(13-14)25(23(27)28-24(3,4)5)22(26)18-11-10-16-8-6-7-9-17(16)21(18)20/h6-13H,1-5H3. The summed E-state index contributed by atoms with van der Waals surface area (Å²) in [4.78, 5) is 26.4. The van der Waals surface area contributed by atoms with E-state index in [1.54, 1.807) is 26.8 Å². The van der Waals surface area contributed by atoms with Crippen molar-refractivity contribution in [2.75, 3.05) is 0 Å². The van der Waals surface area contributed by atoms with Gasteiger partial charge in [-0.3, -0.25) is 4.79 Å². The lowest BCUT2D eigenvalue weighted by molar-refractivity contribution is 0.0539. The van der Waals surface area contributed by atoms with Crippen LogP contribution in [0.2, 0.25) is 0 Å². The molecule has 0 N–H and O–H groups in total. The Labute approximate surface area is 163 Å². The van der Waals surface area contributed by atoms with Crippen molar-refractivity contribution in [3.8, 4) is 0 Å². The molecule has 0 saturated heterocycles. The summed E-state index contributed by atoms with van der Waals surface area (Å²) >= 11 is 0. The maximum absolute atomic E-state index is 13.4. The van der Waals surface area contributed by atoms with E-state index in [1.165, 1.54) is 4.57 Å². The second-order valence-corrected chi connectivity index (χ2v) is 8.31. The van der Waals surface area contributed by atoms with Crippen molar-refractivity contribution in [1.29, 1.82) is 0 Å². The van der Waals surface area contributed by atoms with E-state index in [9.17, 15) is 9.59 Å². The van der Waals surface area contributed by atoms with Gasteiger partial charge in [-0.15, -0.1) is 0 Å². The highest BCUT2D eigenvalue weighted by molar-refractivity contribution is 6.21. The third kappa shape index (κ3) is 2.85. The van der Waals surface area contributed by atoms with Crippen LogP contribution in [0, 0.1) is 13.8 Å². The summed E-state index contributed by atoms with van der Waals surface area (Å²) in [5, 5.41) is 4.37. The molecule has 0 aliphatic heterocycles. The summed E-state index contributed by atoms with van der Waals surface area (Å²) in [7, 11) is 0. The average molecular weight is 373 g/mol.